The topological polar surface area (TPSA) is 60.2 Å². The van der Waals surface area contributed by atoms with Crippen molar-refractivity contribution < 1.29 is 21.6 Å². The third kappa shape index (κ3) is 2.04. The molecule has 0 spiro atoms. The van der Waals surface area contributed by atoms with Crippen molar-refractivity contribution in [1.29, 1.82) is 0 Å². The van der Waals surface area contributed by atoms with Crippen LogP contribution in [-0.4, -0.2) is 13.9 Å². The van der Waals surface area contributed by atoms with Crippen LogP contribution in [0.15, 0.2) is 29.2 Å². The number of hydrogen-bond acceptors (Lipinski definition) is 3. The maximum absolute atomic E-state index is 12.3. The number of nitrogens with two attached hydrogens (primary N) is 1. The van der Waals surface area contributed by atoms with Crippen LogP contribution in [0.4, 0.5) is 13.2 Å². The van der Waals surface area contributed by atoms with E-state index in [2.05, 4.69) is 0 Å². The molecule has 1 aromatic rings. The normalized spacial score (nSPS) is 19.1. The van der Waals surface area contributed by atoms with Gasteiger partial charge in [0.1, 0.15) is 0 Å². The average molecular weight is 265 g/mol. The monoisotopic (exact) mass is 265 g/mol. The fourth-order valence-electron chi connectivity index (χ4n) is 1.53. The summed E-state index contributed by atoms with van der Waals surface area (Å²) in [5, 5.41) is 0. The van der Waals surface area contributed by atoms with E-state index < -0.39 is 25.8 Å². The van der Waals surface area contributed by atoms with Crippen molar-refractivity contribution in [3.05, 3.63) is 29.8 Å². The van der Waals surface area contributed by atoms with Crippen molar-refractivity contribution in [3.63, 3.8) is 0 Å². The molecule has 17 heavy (non-hydrogen) atoms. The SMILES string of the molecule is NC1(c2cccc(S(=O)(=O)C(F)(F)F)c2)CC1. The van der Waals surface area contributed by atoms with Gasteiger partial charge >= 0.3 is 5.51 Å². The Morgan fingerprint density at radius 1 is 1.24 bits per heavy atom. The molecule has 0 saturated heterocycles. The van der Waals surface area contributed by atoms with Crippen LogP contribution >= 0.6 is 0 Å². The van der Waals surface area contributed by atoms with Gasteiger partial charge in [-0.1, -0.05) is 12.1 Å². The maximum atomic E-state index is 12.3. The van der Waals surface area contributed by atoms with Crippen LogP contribution in [0.5, 0.6) is 0 Å². The highest BCUT2D eigenvalue weighted by Gasteiger charge is 2.48. The van der Waals surface area contributed by atoms with Crippen molar-refractivity contribution in [3.8, 4) is 0 Å². The molecule has 1 aliphatic rings. The summed E-state index contributed by atoms with van der Waals surface area (Å²) in [6.07, 6.45) is 1.31. The molecule has 0 atom stereocenters. The van der Waals surface area contributed by atoms with Gasteiger partial charge in [0.15, 0.2) is 0 Å². The standard InChI is InChI=1S/C10H10F3NO2S/c11-10(12,13)17(15,16)8-3-1-2-7(6-8)9(14)4-5-9/h1-3,6H,4-5,14H2. The smallest absolute Gasteiger partial charge is 0.321 e. The van der Waals surface area contributed by atoms with Crippen LogP contribution in [0, 0.1) is 0 Å². The minimum atomic E-state index is -5.29. The number of rotatable bonds is 2. The fourth-order valence-corrected chi connectivity index (χ4v) is 2.34. The molecular weight excluding hydrogens is 255 g/mol. The maximum Gasteiger partial charge on any atom is 0.501 e. The predicted molar refractivity (Wildman–Crippen MR) is 54.8 cm³/mol. The van der Waals surface area contributed by atoms with Gasteiger partial charge in [0.05, 0.1) is 4.90 Å². The summed E-state index contributed by atoms with van der Waals surface area (Å²) in [5.74, 6) is 0. The van der Waals surface area contributed by atoms with Gasteiger partial charge < -0.3 is 5.73 Å². The predicted octanol–water partition coefficient (Wildman–Crippen LogP) is 1.93. The van der Waals surface area contributed by atoms with Crippen molar-refractivity contribution in [2.45, 2.75) is 28.8 Å². The van der Waals surface area contributed by atoms with Crippen LogP contribution in [0.25, 0.3) is 0 Å². The first-order chi connectivity index (χ1) is 7.67. The summed E-state index contributed by atoms with van der Waals surface area (Å²) in [7, 11) is -5.29. The van der Waals surface area contributed by atoms with Gasteiger partial charge in [0.25, 0.3) is 9.84 Å². The second-order valence-electron chi connectivity index (χ2n) is 4.13. The largest absolute Gasteiger partial charge is 0.501 e. The van der Waals surface area contributed by atoms with Crippen LogP contribution < -0.4 is 5.73 Å². The number of sulfone groups is 1. The van der Waals surface area contributed by atoms with E-state index in [-0.39, 0.29) is 0 Å². The molecule has 0 heterocycles. The molecule has 1 saturated carbocycles. The quantitative estimate of drug-likeness (QED) is 0.888. The van der Waals surface area contributed by atoms with Gasteiger partial charge in [0, 0.05) is 5.54 Å². The molecule has 0 bridgehead atoms. The molecule has 1 aromatic carbocycles. The Kier molecular flexibility index (Phi) is 2.52. The van der Waals surface area contributed by atoms with E-state index in [9.17, 15) is 21.6 Å². The zero-order valence-electron chi connectivity index (χ0n) is 8.66. The van der Waals surface area contributed by atoms with Crippen molar-refractivity contribution in [1.82, 2.24) is 0 Å². The van der Waals surface area contributed by atoms with Crippen molar-refractivity contribution >= 4 is 9.84 Å². The van der Waals surface area contributed by atoms with Gasteiger partial charge in [-0.05, 0) is 30.5 Å². The molecule has 2 N–H and O–H groups in total. The highest BCUT2D eigenvalue weighted by molar-refractivity contribution is 7.92. The Labute approximate surface area is 96.3 Å². The summed E-state index contributed by atoms with van der Waals surface area (Å²) in [6.45, 7) is 0. The Morgan fingerprint density at radius 2 is 1.82 bits per heavy atom. The third-order valence-corrected chi connectivity index (χ3v) is 4.30. The van der Waals surface area contributed by atoms with Gasteiger partial charge in [-0.3, -0.25) is 0 Å². The lowest BCUT2D eigenvalue weighted by Crippen LogP contribution is -2.24. The minimum Gasteiger partial charge on any atom is -0.321 e. The second kappa shape index (κ2) is 3.46. The lowest BCUT2D eigenvalue weighted by molar-refractivity contribution is -0.0436. The van der Waals surface area contributed by atoms with E-state index in [4.69, 9.17) is 5.73 Å². The summed E-state index contributed by atoms with van der Waals surface area (Å²) in [4.78, 5) is -0.751. The molecular formula is C10H10F3NO2S. The lowest BCUT2D eigenvalue weighted by Gasteiger charge is -2.12. The van der Waals surface area contributed by atoms with Crippen LogP contribution in [0.2, 0.25) is 0 Å². The highest BCUT2D eigenvalue weighted by atomic mass is 32.2. The molecule has 2 rings (SSSR count). The lowest BCUT2D eigenvalue weighted by atomic mass is 10.1. The molecule has 3 nitrogen and oxygen atoms in total. The minimum absolute atomic E-state index is 0.433. The van der Waals surface area contributed by atoms with Crippen molar-refractivity contribution in [2.24, 2.45) is 5.73 Å². The van der Waals surface area contributed by atoms with Crippen LogP contribution in [-0.2, 0) is 15.4 Å². The first-order valence-corrected chi connectivity index (χ1v) is 6.36. The van der Waals surface area contributed by atoms with E-state index in [1.165, 1.54) is 6.07 Å². The van der Waals surface area contributed by atoms with E-state index in [0.29, 0.717) is 18.4 Å². The Bertz CT molecular complexity index is 547. The fraction of sp³-hybridized carbons (Fsp3) is 0.400. The molecule has 94 valence electrons. The average Bonchev–Trinajstić information content (AvgIpc) is 2.96. The Hall–Kier alpha value is -1.08. The zero-order chi connectivity index (χ0) is 12.9. The molecule has 1 fully saturated rings. The van der Waals surface area contributed by atoms with Gasteiger partial charge in [0.2, 0.25) is 0 Å². The first kappa shape index (κ1) is 12.4. The van der Waals surface area contributed by atoms with E-state index in [0.717, 1.165) is 12.1 Å². The number of alkyl halides is 3. The van der Waals surface area contributed by atoms with Crippen molar-refractivity contribution in [2.75, 3.05) is 0 Å². The zero-order valence-corrected chi connectivity index (χ0v) is 9.48. The molecule has 0 aliphatic heterocycles. The molecule has 0 amide bonds. The second-order valence-corrected chi connectivity index (χ2v) is 6.07. The Morgan fingerprint density at radius 3 is 2.29 bits per heavy atom. The first-order valence-electron chi connectivity index (χ1n) is 4.88. The Balaban J connectivity index is 2.48. The van der Waals surface area contributed by atoms with Gasteiger partial charge in [-0.15, -0.1) is 0 Å². The molecule has 0 radical (unpaired) electrons. The summed E-state index contributed by atoms with van der Waals surface area (Å²) < 4.78 is 59.4. The number of hydrogen-bond donors (Lipinski definition) is 1. The molecule has 7 heteroatoms. The molecule has 1 aliphatic carbocycles. The summed E-state index contributed by atoms with van der Waals surface area (Å²) >= 11 is 0. The highest BCUT2D eigenvalue weighted by Crippen LogP contribution is 2.43. The van der Waals surface area contributed by atoms with Gasteiger partial charge in [-0.25, -0.2) is 8.42 Å². The summed E-state index contributed by atoms with van der Waals surface area (Å²) in [5.41, 5.74) is 0.310. The summed E-state index contributed by atoms with van der Waals surface area (Å²) in [6, 6.07) is 4.76. The number of halogens is 3. The number of benzene rings is 1. The van der Waals surface area contributed by atoms with E-state index in [1.54, 1.807) is 6.07 Å². The molecule has 0 unspecified atom stereocenters. The third-order valence-electron chi connectivity index (χ3n) is 2.81. The van der Waals surface area contributed by atoms with E-state index in [1.807, 2.05) is 0 Å². The van der Waals surface area contributed by atoms with Crippen LogP contribution in [0.1, 0.15) is 18.4 Å². The molecule has 0 aromatic heterocycles. The van der Waals surface area contributed by atoms with Gasteiger partial charge in [-0.2, -0.15) is 13.2 Å². The van der Waals surface area contributed by atoms with Crippen LogP contribution in [0.3, 0.4) is 0 Å². The van der Waals surface area contributed by atoms with E-state index >= 15 is 0 Å².